The third-order valence-electron chi connectivity index (χ3n) is 2.33. The Morgan fingerprint density at radius 2 is 2.18 bits per heavy atom. The molecule has 1 heterocycles. The third-order valence-corrected chi connectivity index (χ3v) is 2.68. The average molecular weight is 302 g/mol. The van der Waals surface area contributed by atoms with Gasteiger partial charge in [0.05, 0.1) is 6.61 Å². The van der Waals surface area contributed by atoms with Gasteiger partial charge in [0.25, 0.3) is 0 Å². The van der Waals surface area contributed by atoms with Crippen LogP contribution in [-0.4, -0.2) is 35.0 Å². The molecule has 0 atom stereocenters. The molecule has 0 aliphatic heterocycles. The number of hydrogen-bond acceptors (Lipinski definition) is 4. The first-order valence-electron chi connectivity index (χ1n) is 6.08. The van der Waals surface area contributed by atoms with E-state index in [1.165, 1.54) is 6.42 Å². The first-order valence-corrected chi connectivity index (χ1v) is 7.20. The highest BCUT2D eigenvalue weighted by molar-refractivity contribution is 9.09. The zero-order valence-corrected chi connectivity index (χ0v) is 12.1. The quantitative estimate of drug-likeness (QED) is 0.692. The number of halogens is 1. The summed E-state index contributed by atoms with van der Waals surface area (Å²) in [5.41, 5.74) is 0. The summed E-state index contributed by atoms with van der Waals surface area (Å²) in [6.07, 6.45) is 4.07. The second-order valence-corrected chi connectivity index (χ2v) is 4.45. The van der Waals surface area contributed by atoms with Crippen molar-refractivity contribution >= 4 is 21.9 Å². The fraction of sp³-hybridized carbons (Fsp3) is 0.667. The summed E-state index contributed by atoms with van der Waals surface area (Å²) in [5, 5.41) is 0.916. The molecule has 0 spiro atoms. The molecule has 0 saturated carbocycles. The van der Waals surface area contributed by atoms with E-state index in [9.17, 15) is 0 Å². The van der Waals surface area contributed by atoms with Crippen LogP contribution in [-0.2, 0) is 0 Å². The number of aromatic nitrogens is 2. The molecule has 96 valence electrons. The van der Waals surface area contributed by atoms with E-state index in [1.807, 2.05) is 6.92 Å². The topological polar surface area (TPSA) is 38.2 Å². The van der Waals surface area contributed by atoms with E-state index >= 15 is 0 Å². The summed E-state index contributed by atoms with van der Waals surface area (Å²) in [7, 11) is 0. The van der Waals surface area contributed by atoms with E-state index in [0.717, 1.165) is 30.8 Å². The summed E-state index contributed by atoms with van der Waals surface area (Å²) in [6, 6.07) is 1.79. The fourth-order valence-corrected chi connectivity index (χ4v) is 1.90. The summed E-state index contributed by atoms with van der Waals surface area (Å²) < 4.78 is 5.39. The van der Waals surface area contributed by atoms with Gasteiger partial charge in [-0.1, -0.05) is 29.3 Å². The van der Waals surface area contributed by atoms with Crippen molar-refractivity contribution in [2.45, 2.75) is 26.7 Å². The average Bonchev–Trinajstić information content (AvgIpc) is 2.35. The Kier molecular flexibility index (Phi) is 6.93. The fourth-order valence-electron chi connectivity index (χ4n) is 1.48. The van der Waals surface area contributed by atoms with Gasteiger partial charge in [-0.05, 0) is 13.3 Å². The minimum atomic E-state index is 0.629. The van der Waals surface area contributed by atoms with Crippen molar-refractivity contribution in [3.63, 3.8) is 0 Å². The van der Waals surface area contributed by atoms with Crippen LogP contribution in [0.2, 0.25) is 0 Å². The number of rotatable bonds is 8. The molecule has 1 rings (SSSR count). The summed E-state index contributed by atoms with van der Waals surface area (Å²) in [6.45, 7) is 6.66. The number of ether oxygens (including phenoxy) is 1. The predicted molar refractivity (Wildman–Crippen MR) is 74.1 cm³/mol. The molecule has 1 aromatic heterocycles. The molecule has 0 unspecified atom stereocenters. The number of anilines is 1. The zero-order valence-electron chi connectivity index (χ0n) is 10.5. The van der Waals surface area contributed by atoms with Crippen molar-refractivity contribution in [3.8, 4) is 5.88 Å². The molecule has 1 aromatic rings. The normalized spacial score (nSPS) is 10.3. The molecule has 0 amide bonds. The van der Waals surface area contributed by atoms with Gasteiger partial charge in [0.1, 0.15) is 0 Å². The Balaban J connectivity index is 2.73. The molecule has 0 N–H and O–H groups in total. The zero-order chi connectivity index (χ0) is 12.5. The van der Waals surface area contributed by atoms with Crippen LogP contribution in [0.4, 0.5) is 5.95 Å². The Morgan fingerprint density at radius 1 is 1.35 bits per heavy atom. The molecular weight excluding hydrogens is 282 g/mol. The van der Waals surface area contributed by atoms with E-state index in [2.05, 4.69) is 37.7 Å². The van der Waals surface area contributed by atoms with Gasteiger partial charge >= 0.3 is 0 Å². The lowest BCUT2D eigenvalue weighted by molar-refractivity contribution is 0.326. The van der Waals surface area contributed by atoms with Crippen LogP contribution in [0.25, 0.3) is 0 Å². The van der Waals surface area contributed by atoms with Crippen molar-refractivity contribution in [2.24, 2.45) is 0 Å². The number of alkyl halides is 1. The Hall–Kier alpha value is -0.840. The van der Waals surface area contributed by atoms with E-state index in [4.69, 9.17) is 4.74 Å². The van der Waals surface area contributed by atoms with Crippen LogP contribution in [0.15, 0.2) is 12.3 Å². The van der Waals surface area contributed by atoms with Crippen molar-refractivity contribution < 1.29 is 4.74 Å². The Bertz CT molecular complexity index is 322. The van der Waals surface area contributed by atoms with Crippen molar-refractivity contribution in [1.82, 2.24) is 9.97 Å². The van der Waals surface area contributed by atoms with Crippen LogP contribution in [0.1, 0.15) is 26.7 Å². The SMILES string of the molecule is CCCCN(CCBr)c1nccc(OCC)n1. The van der Waals surface area contributed by atoms with Gasteiger partial charge in [0, 0.05) is 30.7 Å². The van der Waals surface area contributed by atoms with Gasteiger partial charge in [-0.25, -0.2) is 4.98 Å². The third kappa shape index (κ3) is 4.89. The van der Waals surface area contributed by atoms with Gasteiger partial charge < -0.3 is 9.64 Å². The number of unbranched alkanes of at least 4 members (excludes halogenated alkanes) is 1. The van der Waals surface area contributed by atoms with Gasteiger partial charge in [0.2, 0.25) is 11.8 Å². The van der Waals surface area contributed by atoms with Crippen LogP contribution < -0.4 is 9.64 Å². The largest absolute Gasteiger partial charge is 0.478 e. The van der Waals surface area contributed by atoms with Crippen LogP contribution in [0, 0.1) is 0 Å². The maximum absolute atomic E-state index is 5.39. The summed E-state index contributed by atoms with van der Waals surface area (Å²) in [5.74, 6) is 1.40. The molecule has 17 heavy (non-hydrogen) atoms. The summed E-state index contributed by atoms with van der Waals surface area (Å²) >= 11 is 3.46. The van der Waals surface area contributed by atoms with Gasteiger partial charge in [-0.15, -0.1) is 0 Å². The molecule has 0 saturated heterocycles. The van der Waals surface area contributed by atoms with Crippen LogP contribution >= 0.6 is 15.9 Å². The summed E-state index contributed by atoms with van der Waals surface area (Å²) in [4.78, 5) is 10.9. The predicted octanol–water partition coefficient (Wildman–Crippen LogP) is 2.88. The smallest absolute Gasteiger partial charge is 0.228 e. The second-order valence-electron chi connectivity index (χ2n) is 3.66. The molecule has 0 fully saturated rings. The highest BCUT2D eigenvalue weighted by Gasteiger charge is 2.09. The molecule has 0 aliphatic carbocycles. The highest BCUT2D eigenvalue weighted by Crippen LogP contribution is 2.13. The number of hydrogen-bond donors (Lipinski definition) is 0. The first kappa shape index (κ1) is 14.2. The van der Waals surface area contributed by atoms with Crippen LogP contribution in [0.3, 0.4) is 0 Å². The van der Waals surface area contributed by atoms with Gasteiger partial charge in [0.15, 0.2) is 0 Å². The maximum atomic E-state index is 5.39. The van der Waals surface area contributed by atoms with Gasteiger partial charge in [-0.3, -0.25) is 0 Å². The first-order chi connectivity index (χ1) is 8.31. The van der Waals surface area contributed by atoms with Crippen molar-refractivity contribution in [2.75, 3.05) is 29.9 Å². The molecular formula is C12H20BrN3O. The lowest BCUT2D eigenvalue weighted by Crippen LogP contribution is -2.28. The Labute approximate surface area is 112 Å². The van der Waals surface area contributed by atoms with E-state index < -0.39 is 0 Å². The molecule has 0 aromatic carbocycles. The molecule has 4 nitrogen and oxygen atoms in total. The monoisotopic (exact) mass is 301 g/mol. The Morgan fingerprint density at radius 3 is 2.82 bits per heavy atom. The minimum absolute atomic E-state index is 0.629. The molecule has 0 radical (unpaired) electrons. The number of nitrogens with zero attached hydrogens (tertiary/aromatic N) is 3. The molecule has 5 heteroatoms. The minimum Gasteiger partial charge on any atom is -0.478 e. The lowest BCUT2D eigenvalue weighted by atomic mass is 10.3. The molecule has 0 bridgehead atoms. The molecule has 0 aliphatic rings. The van der Waals surface area contributed by atoms with Crippen molar-refractivity contribution in [1.29, 1.82) is 0 Å². The lowest BCUT2D eigenvalue weighted by Gasteiger charge is -2.21. The second kappa shape index (κ2) is 8.28. The van der Waals surface area contributed by atoms with Crippen molar-refractivity contribution in [3.05, 3.63) is 12.3 Å². The van der Waals surface area contributed by atoms with E-state index in [-0.39, 0.29) is 0 Å². The highest BCUT2D eigenvalue weighted by atomic mass is 79.9. The van der Waals surface area contributed by atoms with Crippen LogP contribution in [0.5, 0.6) is 5.88 Å². The van der Waals surface area contributed by atoms with Gasteiger partial charge in [-0.2, -0.15) is 4.98 Å². The maximum Gasteiger partial charge on any atom is 0.228 e. The van der Waals surface area contributed by atoms with E-state index in [0.29, 0.717) is 12.5 Å². The van der Waals surface area contributed by atoms with E-state index in [1.54, 1.807) is 12.3 Å². The standard InChI is InChI=1S/C12H20BrN3O/c1-3-5-9-16(10-7-13)12-14-8-6-11(15-12)17-4-2/h6,8H,3-5,7,9-10H2,1-2H3.